The highest BCUT2D eigenvalue weighted by Gasteiger charge is 2.20. The van der Waals surface area contributed by atoms with E-state index in [-0.39, 0.29) is 5.69 Å². The van der Waals surface area contributed by atoms with Crippen LogP contribution >= 0.6 is 0 Å². The fourth-order valence-corrected chi connectivity index (χ4v) is 1.45. The Hall–Kier alpha value is -1.32. The summed E-state index contributed by atoms with van der Waals surface area (Å²) in [4.78, 5) is 14.3. The Morgan fingerprint density at radius 2 is 2.46 bits per heavy atom. The summed E-state index contributed by atoms with van der Waals surface area (Å²) in [6.45, 7) is 0. The molecule has 13 heavy (non-hydrogen) atoms. The number of hydrogen-bond acceptors (Lipinski definition) is 3. The summed E-state index contributed by atoms with van der Waals surface area (Å²) in [5.41, 5.74) is 0.00863. The summed E-state index contributed by atoms with van der Waals surface area (Å²) >= 11 is 0. The van der Waals surface area contributed by atoms with Crippen LogP contribution < -0.4 is 0 Å². The molecule has 0 atom stereocenters. The molecule has 0 spiro atoms. The Balaban J connectivity index is 2.00. The Kier molecular flexibility index (Phi) is 2.04. The molecular formula is C9H11NO3. The first kappa shape index (κ1) is 8.29. The van der Waals surface area contributed by atoms with E-state index in [0.29, 0.717) is 11.8 Å². The van der Waals surface area contributed by atoms with Gasteiger partial charge in [0, 0.05) is 6.42 Å². The summed E-state index contributed by atoms with van der Waals surface area (Å²) in [5.74, 6) is 0.186. The molecular weight excluding hydrogens is 170 g/mol. The van der Waals surface area contributed by atoms with Gasteiger partial charge < -0.3 is 9.52 Å². The van der Waals surface area contributed by atoms with E-state index in [2.05, 4.69) is 4.98 Å². The van der Waals surface area contributed by atoms with Crippen LogP contribution in [0.5, 0.6) is 0 Å². The molecule has 0 bridgehead atoms. The molecule has 0 aliphatic heterocycles. The second-order valence-electron chi connectivity index (χ2n) is 3.43. The molecule has 1 saturated carbocycles. The molecule has 2 rings (SSSR count). The lowest BCUT2D eigenvalue weighted by Crippen LogP contribution is -2.13. The second kappa shape index (κ2) is 3.20. The van der Waals surface area contributed by atoms with Crippen LogP contribution in [0.1, 0.15) is 35.6 Å². The smallest absolute Gasteiger partial charge is 0.357 e. The number of oxazole rings is 1. The zero-order valence-corrected chi connectivity index (χ0v) is 7.19. The Bertz CT molecular complexity index is 314. The van der Waals surface area contributed by atoms with Crippen molar-refractivity contribution in [2.45, 2.75) is 25.7 Å². The summed E-state index contributed by atoms with van der Waals surface area (Å²) < 4.78 is 5.04. The third-order valence-corrected chi connectivity index (χ3v) is 2.46. The van der Waals surface area contributed by atoms with Gasteiger partial charge >= 0.3 is 5.97 Å². The highest BCUT2D eigenvalue weighted by atomic mass is 16.4. The maximum Gasteiger partial charge on any atom is 0.357 e. The Morgan fingerprint density at radius 3 is 2.92 bits per heavy atom. The average Bonchev–Trinajstić information content (AvgIpc) is 2.44. The minimum atomic E-state index is -1.02. The zero-order valence-electron chi connectivity index (χ0n) is 7.19. The van der Waals surface area contributed by atoms with Crippen molar-refractivity contribution >= 4 is 5.97 Å². The third-order valence-electron chi connectivity index (χ3n) is 2.46. The monoisotopic (exact) mass is 181 g/mol. The van der Waals surface area contributed by atoms with Crippen molar-refractivity contribution < 1.29 is 14.3 Å². The lowest BCUT2D eigenvalue weighted by molar-refractivity contribution is 0.0690. The standard InChI is InChI=1S/C9H11NO3/c11-9(12)7-5-13-8(10-7)4-6-2-1-3-6/h5-6H,1-4H2,(H,11,12). The van der Waals surface area contributed by atoms with Crippen molar-refractivity contribution in [3.8, 4) is 0 Å². The molecule has 70 valence electrons. The first-order valence-electron chi connectivity index (χ1n) is 4.43. The summed E-state index contributed by atoms with van der Waals surface area (Å²) in [6, 6.07) is 0. The highest BCUT2D eigenvalue weighted by Crippen LogP contribution is 2.29. The van der Waals surface area contributed by atoms with E-state index < -0.39 is 5.97 Å². The van der Waals surface area contributed by atoms with Gasteiger partial charge in [-0.1, -0.05) is 6.42 Å². The van der Waals surface area contributed by atoms with Crippen LogP contribution in [-0.2, 0) is 6.42 Å². The quantitative estimate of drug-likeness (QED) is 0.771. The van der Waals surface area contributed by atoms with Gasteiger partial charge in [-0.25, -0.2) is 9.78 Å². The molecule has 1 aliphatic carbocycles. The van der Waals surface area contributed by atoms with E-state index >= 15 is 0 Å². The molecule has 1 aromatic rings. The van der Waals surface area contributed by atoms with Gasteiger partial charge in [-0.3, -0.25) is 0 Å². The second-order valence-corrected chi connectivity index (χ2v) is 3.43. The number of nitrogens with zero attached hydrogens (tertiary/aromatic N) is 1. The Morgan fingerprint density at radius 1 is 1.69 bits per heavy atom. The maximum atomic E-state index is 10.5. The molecule has 1 N–H and O–H groups in total. The van der Waals surface area contributed by atoms with Gasteiger partial charge in [-0.2, -0.15) is 0 Å². The number of hydrogen-bond donors (Lipinski definition) is 1. The largest absolute Gasteiger partial charge is 0.476 e. The summed E-state index contributed by atoms with van der Waals surface area (Å²) in [6.07, 6.45) is 5.69. The summed E-state index contributed by atoms with van der Waals surface area (Å²) in [7, 11) is 0. The maximum absolute atomic E-state index is 10.5. The first-order chi connectivity index (χ1) is 6.25. The van der Waals surface area contributed by atoms with E-state index in [9.17, 15) is 4.79 Å². The van der Waals surface area contributed by atoms with Crippen molar-refractivity contribution in [2.24, 2.45) is 5.92 Å². The van der Waals surface area contributed by atoms with Crippen molar-refractivity contribution in [1.82, 2.24) is 4.98 Å². The van der Waals surface area contributed by atoms with Gasteiger partial charge in [0.15, 0.2) is 11.6 Å². The zero-order chi connectivity index (χ0) is 9.26. The molecule has 0 unspecified atom stereocenters. The van der Waals surface area contributed by atoms with Crippen molar-refractivity contribution in [3.63, 3.8) is 0 Å². The van der Waals surface area contributed by atoms with E-state index in [0.717, 1.165) is 6.42 Å². The lowest BCUT2D eigenvalue weighted by atomic mass is 9.83. The topological polar surface area (TPSA) is 63.3 Å². The van der Waals surface area contributed by atoms with Crippen LogP contribution in [0.3, 0.4) is 0 Å². The van der Waals surface area contributed by atoms with E-state index in [4.69, 9.17) is 9.52 Å². The van der Waals surface area contributed by atoms with Gasteiger partial charge in [-0.15, -0.1) is 0 Å². The van der Waals surface area contributed by atoms with E-state index in [1.54, 1.807) is 0 Å². The van der Waals surface area contributed by atoms with Crippen LogP contribution in [0.15, 0.2) is 10.7 Å². The molecule has 1 aliphatic rings. The van der Waals surface area contributed by atoms with Crippen molar-refractivity contribution in [3.05, 3.63) is 17.8 Å². The van der Waals surface area contributed by atoms with Gasteiger partial charge in [0.25, 0.3) is 0 Å². The van der Waals surface area contributed by atoms with Crippen molar-refractivity contribution in [2.75, 3.05) is 0 Å². The fraction of sp³-hybridized carbons (Fsp3) is 0.556. The number of carbonyl (C=O) groups is 1. The number of rotatable bonds is 3. The molecule has 4 nitrogen and oxygen atoms in total. The number of aromatic nitrogens is 1. The lowest BCUT2D eigenvalue weighted by Gasteiger charge is -2.23. The minimum absolute atomic E-state index is 0.00863. The molecule has 1 aromatic heterocycles. The van der Waals surface area contributed by atoms with Crippen LogP contribution in [-0.4, -0.2) is 16.1 Å². The van der Waals surface area contributed by atoms with Gasteiger partial charge in [0.1, 0.15) is 6.26 Å². The van der Waals surface area contributed by atoms with E-state index in [1.165, 1.54) is 25.5 Å². The number of aromatic carboxylic acids is 1. The van der Waals surface area contributed by atoms with Crippen LogP contribution in [0.25, 0.3) is 0 Å². The molecule has 4 heteroatoms. The predicted octanol–water partition coefficient (Wildman–Crippen LogP) is 1.72. The molecule has 0 amide bonds. The molecule has 0 aromatic carbocycles. The van der Waals surface area contributed by atoms with Crippen molar-refractivity contribution in [1.29, 1.82) is 0 Å². The van der Waals surface area contributed by atoms with Crippen LogP contribution in [0.2, 0.25) is 0 Å². The van der Waals surface area contributed by atoms with Gasteiger partial charge in [0.2, 0.25) is 0 Å². The van der Waals surface area contributed by atoms with Gasteiger partial charge in [0.05, 0.1) is 0 Å². The molecule has 1 fully saturated rings. The molecule has 0 saturated heterocycles. The van der Waals surface area contributed by atoms with E-state index in [1.807, 2.05) is 0 Å². The van der Waals surface area contributed by atoms with Crippen LogP contribution in [0, 0.1) is 5.92 Å². The predicted molar refractivity (Wildman–Crippen MR) is 44.5 cm³/mol. The normalized spacial score (nSPS) is 16.9. The number of carboxylic acids is 1. The fourth-order valence-electron chi connectivity index (χ4n) is 1.45. The highest BCUT2D eigenvalue weighted by molar-refractivity contribution is 5.84. The minimum Gasteiger partial charge on any atom is -0.476 e. The Labute approximate surface area is 75.6 Å². The summed E-state index contributed by atoms with van der Waals surface area (Å²) in [5, 5.41) is 8.58. The number of carboxylic acid groups (broad SMARTS) is 1. The van der Waals surface area contributed by atoms with Crippen LogP contribution in [0.4, 0.5) is 0 Å². The average molecular weight is 181 g/mol. The SMILES string of the molecule is O=C(O)c1coc(CC2CCC2)n1. The third kappa shape index (κ3) is 1.71. The first-order valence-corrected chi connectivity index (χ1v) is 4.43. The van der Waals surface area contributed by atoms with Gasteiger partial charge in [-0.05, 0) is 18.8 Å². The molecule has 0 radical (unpaired) electrons. The molecule has 1 heterocycles.